The molecule has 0 bridgehead atoms. The molecule has 3 rings (SSSR count). The number of methoxy groups -OCH3 is 1. The molecule has 2 aromatic rings. The zero-order valence-corrected chi connectivity index (χ0v) is 19.6. The number of likely N-dealkylation sites (tertiary alicyclic amines) is 1. The number of halogens is 3. The highest BCUT2D eigenvalue weighted by molar-refractivity contribution is 5.95. The molecule has 1 aromatic carbocycles. The normalized spacial score (nSPS) is 16.0. The lowest BCUT2D eigenvalue weighted by atomic mass is 9.99. The molecule has 0 aliphatic carbocycles. The van der Waals surface area contributed by atoms with Crippen molar-refractivity contribution in [1.29, 1.82) is 0 Å². The van der Waals surface area contributed by atoms with Gasteiger partial charge in [-0.2, -0.15) is 13.2 Å². The topological polar surface area (TPSA) is 54.5 Å². The fourth-order valence-electron chi connectivity index (χ4n) is 4.14. The second-order valence-electron chi connectivity index (χ2n) is 8.98. The minimum Gasteiger partial charge on any atom is -0.497 e. The van der Waals surface area contributed by atoms with E-state index >= 15 is 0 Å². The Morgan fingerprint density at radius 1 is 1.15 bits per heavy atom. The molecule has 1 N–H and O–H groups in total. The summed E-state index contributed by atoms with van der Waals surface area (Å²) in [6, 6.07) is 6.51. The third kappa shape index (κ3) is 6.47. The molecule has 1 amide bonds. The number of aromatic nitrogens is 1. The van der Waals surface area contributed by atoms with Crippen LogP contribution in [0, 0.1) is 12.8 Å². The maximum absolute atomic E-state index is 13.7. The summed E-state index contributed by atoms with van der Waals surface area (Å²) in [6.07, 6.45) is -1.01. The van der Waals surface area contributed by atoms with Gasteiger partial charge in [0.2, 0.25) is 0 Å². The Hall–Kier alpha value is -2.61. The first-order valence-electron chi connectivity index (χ1n) is 11.4. The number of carbonyl (C=O) groups excluding carboxylic acids is 1. The van der Waals surface area contributed by atoms with E-state index in [1.54, 1.807) is 13.0 Å². The van der Waals surface area contributed by atoms with Crippen molar-refractivity contribution >= 4 is 5.91 Å². The van der Waals surface area contributed by atoms with Gasteiger partial charge in [-0.05, 0) is 69.1 Å². The average Bonchev–Trinajstić information content (AvgIpc) is 2.77. The van der Waals surface area contributed by atoms with E-state index in [0.717, 1.165) is 38.5 Å². The van der Waals surface area contributed by atoms with Crippen molar-refractivity contribution in [2.45, 2.75) is 52.3 Å². The number of piperidine rings is 1. The number of aryl methyl sites for hydroxylation is 1. The van der Waals surface area contributed by atoms with Crippen molar-refractivity contribution in [2.75, 3.05) is 26.7 Å². The second-order valence-corrected chi connectivity index (χ2v) is 8.98. The lowest BCUT2D eigenvalue weighted by Gasteiger charge is -2.32. The van der Waals surface area contributed by atoms with Crippen LogP contribution < -0.4 is 10.1 Å². The Bertz CT molecular complexity index is 970. The van der Waals surface area contributed by atoms with Gasteiger partial charge < -0.3 is 15.0 Å². The van der Waals surface area contributed by atoms with E-state index in [0.29, 0.717) is 5.69 Å². The van der Waals surface area contributed by atoms with Crippen LogP contribution in [-0.2, 0) is 6.18 Å². The van der Waals surface area contributed by atoms with Gasteiger partial charge in [0.05, 0.1) is 18.4 Å². The van der Waals surface area contributed by atoms with Crippen molar-refractivity contribution in [3.63, 3.8) is 0 Å². The van der Waals surface area contributed by atoms with Gasteiger partial charge in [0.15, 0.2) is 0 Å². The van der Waals surface area contributed by atoms with Gasteiger partial charge in [0.25, 0.3) is 5.91 Å². The molecule has 1 atom stereocenters. The SMILES string of the molecule is COc1ccc(C(F)(F)F)c(-c2cc(C(=O)N[C@@H](CN3CCCCC3)C(C)C)cc(C)n2)c1. The molecular weight excluding hydrogens is 431 g/mol. The minimum absolute atomic E-state index is 0.0601. The van der Waals surface area contributed by atoms with Crippen LogP contribution in [0.2, 0.25) is 0 Å². The van der Waals surface area contributed by atoms with Crippen molar-refractivity contribution in [3.8, 4) is 17.0 Å². The van der Waals surface area contributed by atoms with Crippen LogP contribution in [0.15, 0.2) is 30.3 Å². The molecule has 180 valence electrons. The van der Waals surface area contributed by atoms with Crippen LogP contribution in [-0.4, -0.2) is 48.6 Å². The molecule has 1 aliphatic rings. The van der Waals surface area contributed by atoms with Crippen LogP contribution in [0.25, 0.3) is 11.3 Å². The molecule has 33 heavy (non-hydrogen) atoms. The van der Waals surface area contributed by atoms with Crippen molar-refractivity contribution in [3.05, 3.63) is 47.2 Å². The third-order valence-corrected chi connectivity index (χ3v) is 6.05. The lowest BCUT2D eigenvalue weighted by molar-refractivity contribution is -0.137. The number of nitrogens with one attached hydrogen (secondary N) is 1. The number of benzene rings is 1. The van der Waals surface area contributed by atoms with Gasteiger partial charge in [0, 0.05) is 29.4 Å². The van der Waals surface area contributed by atoms with Gasteiger partial charge >= 0.3 is 6.18 Å². The zero-order valence-electron chi connectivity index (χ0n) is 19.6. The number of nitrogens with zero attached hydrogens (tertiary/aromatic N) is 2. The molecule has 8 heteroatoms. The zero-order chi connectivity index (χ0) is 24.2. The number of carbonyl (C=O) groups is 1. The number of ether oxygens (including phenoxy) is 1. The Morgan fingerprint density at radius 3 is 2.45 bits per heavy atom. The van der Waals surface area contributed by atoms with Gasteiger partial charge in [-0.3, -0.25) is 9.78 Å². The lowest BCUT2D eigenvalue weighted by Crippen LogP contribution is -2.48. The Morgan fingerprint density at radius 2 is 1.85 bits per heavy atom. The van der Waals surface area contributed by atoms with E-state index in [-0.39, 0.29) is 40.4 Å². The van der Waals surface area contributed by atoms with Crippen LogP contribution in [0.5, 0.6) is 5.75 Å². The Labute approximate surface area is 193 Å². The minimum atomic E-state index is -4.56. The molecule has 2 heterocycles. The molecule has 1 aliphatic heterocycles. The Balaban J connectivity index is 1.90. The molecule has 0 saturated carbocycles. The van der Waals surface area contributed by atoms with Crippen LogP contribution >= 0.6 is 0 Å². The van der Waals surface area contributed by atoms with E-state index in [9.17, 15) is 18.0 Å². The highest BCUT2D eigenvalue weighted by Crippen LogP contribution is 2.38. The summed E-state index contributed by atoms with van der Waals surface area (Å²) < 4.78 is 46.1. The van der Waals surface area contributed by atoms with Crippen molar-refractivity contribution in [2.24, 2.45) is 5.92 Å². The highest BCUT2D eigenvalue weighted by Gasteiger charge is 2.34. The van der Waals surface area contributed by atoms with Gasteiger partial charge in [-0.25, -0.2) is 0 Å². The number of alkyl halides is 3. The largest absolute Gasteiger partial charge is 0.497 e. The van der Waals surface area contributed by atoms with E-state index < -0.39 is 11.7 Å². The molecule has 1 fully saturated rings. The predicted molar refractivity (Wildman–Crippen MR) is 122 cm³/mol. The van der Waals surface area contributed by atoms with E-state index in [2.05, 4.69) is 29.0 Å². The van der Waals surface area contributed by atoms with E-state index in [1.165, 1.54) is 31.7 Å². The van der Waals surface area contributed by atoms with Crippen LogP contribution in [0.4, 0.5) is 13.2 Å². The molecular formula is C25H32F3N3O2. The summed E-state index contributed by atoms with van der Waals surface area (Å²) in [7, 11) is 1.39. The average molecular weight is 464 g/mol. The second kappa shape index (κ2) is 10.5. The maximum atomic E-state index is 13.7. The Kier molecular flexibility index (Phi) is 8.00. The number of hydrogen-bond donors (Lipinski definition) is 1. The maximum Gasteiger partial charge on any atom is 0.417 e. The molecule has 0 spiro atoms. The van der Waals surface area contributed by atoms with E-state index in [1.807, 2.05) is 0 Å². The summed E-state index contributed by atoms with van der Waals surface area (Å²) in [6.45, 7) is 8.59. The number of hydrogen-bond acceptors (Lipinski definition) is 4. The number of amides is 1. The summed E-state index contributed by atoms with van der Waals surface area (Å²) in [4.78, 5) is 19.8. The molecule has 1 saturated heterocycles. The number of rotatable bonds is 7. The first-order valence-corrected chi connectivity index (χ1v) is 11.4. The quantitative estimate of drug-likeness (QED) is 0.604. The first-order chi connectivity index (χ1) is 15.6. The summed E-state index contributed by atoms with van der Waals surface area (Å²) in [5.41, 5.74) is -0.0989. The van der Waals surface area contributed by atoms with Crippen molar-refractivity contribution in [1.82, 2.24) is 15.2 Å². The van der Waals surface area contributed by atoms with Crippen molar-refractivity contribution < 1.29 is 22.7 Å². The monoisotopic (exact) mass is 463 g/mol. The predicted octanol–water partition coefficient (Wildman–Crippen LogP) is 5.32. The van der Waals surface area contributed by atoms with Crippen LogP contribution in [0.1, 0.15) is 54.7 Å². The highest BCUT2D eigenvalue weighted by atomic mass is 19.4. The van der Waals surface area contributed by atoms with Gasteiger partial charge in [0.1, 0.15) is 5.75 Å². The fraction of sp³-hybridized carbons (Fsp3) is 0.520. The van der Waals surface area contributed by atoms with Gasteiger partial charge in [-0.15, -0.1) is 0 Å². The summed E-state index contributed by atoms with van der Waals surface area (Å²) >= 11 is 0. The molecule has 0 unspecified atom stereocenters. The smallest absolute Gasteiger partial charge is 0.417 e. The third-order valence-electron chi connectivity index (χ3n) is 6.05. The van der Waals surface area contributed by atoms with Gasteiger partial charge in [-0.1, -0.05) is 20.3 Å². The molecule has 5 nitrogen and oxygen atoms in total. The molecule has 1 aromatic heterocycles. The fourth-order valence-corrected chi connectivity index (χ4v) is 4.14. The molecule has 0 radical (unpaired) electrons. The summed E-state index contributed by atoms with van der Waals surface area (Å²) in [5.74, 6) is 0.191. The van der Waals surface area contributed by atoms with E-state index in [4.69, 9.17) is 4.74 Å². The number of pyridine rings is 1. The standard InChI is InChI=1S/C25H32F3N3O2/c1-16(2)23(15-31-10-6-5-7-11-31)30-24(32)18-12-17(3)29-22(13-18)20-14-19(33-4)8-9-21(20)25(26,27)28/h8-9,12-14,16,23H,5-7,10-11,15H2,1-4H3,(H,30,32)/t23-/m0/s1. The summed E-state index contributed by atoms with van der Waals surface area (Å²) in [5, 5.41) is 3.10. The first kappa shape index (κ1) is 25.0. The van der Waals surface area contributed by atoms with Crippen LogP contribution in [0.3, 0.4) is 0 Å².